The average Bonchev–Trinajstić information content (AvgIpc) is 2.16. The lowest BCUT2D eigenvalue weighted by molar-refractivity contribution is -0.0191. The summed E-state index contributed by atoms with van der Waals surface area (Å²) in [6.45, 7) is 5.41. The van der Waals surface area contributed by atoms with E-state index in [4.69, 9.17) is 15.2 Å². The second-order valence-electron chi connectivity index (χ2n) is 2.94. The van der Waals surface area contributed by atoms with E-state index in [9.17, 15) is 4.39 Å². The first-order valence-electron chi connectivity index (χ1n) is 4.75. The van der Waals surface area contributed by atoms with Gasteiger partial charge >= 0.3 is 0 Å². The van der Waals surface area contributed by atoms with Crippen molar-refractivity contribution in [2.75, 3.05) is 26.4 Å². The molecule has 0 radical (unpaired) electrons. The Hall–Kier alpha value is -0.190. The largest absolute Gasteiger partial charge is 0.379 e. The number of alkyl halides is 1. The summed E-state index contributed by atoms with van der Waals surface area (Å²) in [6, 6.07) is 0. The molecule has 0 fully saturated rings. The lowest BCUT2D eigenvalue weighted by Crippen LogP contribution is -2.30. The summed E-state index contributed by atoms with van der Waals surface area (Å²) in [5.41, 5.74) is 5.14. The maximum absolute atomic E-state index is 12.8. The van der Waals surface area contributed by atoms with E-state index < -0.39 is 12.3 Å². The fraction of sp³-hybridized carbons (Fsp3) is 1.00. The first kappa shape index (κ1) is 12.8. The summed E-state index contributed by atoms with van der Waals surface area (Å²) >= 11 is 0. The topological polar surface area (TPSA) is 44.5 Å². The molecular formula is C9H20FNO2. The molecule has 0 amide bonds. The molecule has 0 saturated carbocycles. The van der Waals surface area contributed by atoms with Gasteiger partial charge in [0.05, 0.1) is 19.3 Å². The van der Waals surface area contributed by atoms with E-state index in [2.05, 4.69) is 0 Å². The van der Waals surface area contributed by atoms with Gasteiger partial charge in [0.1, 0.15) is 6.17 Å². The zero-order valence-corrected chi connectivity index (χ0v) is 8.46. The molecule has 0 aromatic rings. The summed E-state index contributed by atoms with van der Waals surface area (Å²) in [5.74, 6) is 0. The van der Waals surface area contributed by atoms with Crippen LogP contribution in [0.25, 0.3) is 0 Å². The minimum absolute atomic E-state index is 0.0109. The molecule has 0 bridgehead atoms. The Morgan fingerprint density at radius 2 is 2.00 bits per heavy atom. The van der Waals surface area contributed by atoms with Crippen LogP contribution in [0.15, 0.2) is 0 Å². The van der Waals surface area contributed by atoms with Crippen LogP contribution in [0.4, 0.5) is 4.39 Å². The van der Waals surface area contributed by atoms with Crippen molar-refractivity contribution in [3.63, 3.8) is 0 Å². The van der Waals surface area contributed by atoms with Crippen molar-refractivity contribution in [3.05, 3.63) is 0 Å². The van der Waals surface area contributed by atoms with Crippen LogP contribution in [-0.2, 0) is 9.47 Å². The van der Waals surface area contributed by atoms with Gasteiger partial charge in [0.25, 0.3) is 0 Å². The van der Waals surface area contributed by atoms with Gasteiger partial charge in [0.15, 0.2) is 0 Å². The minimum Gasteiger partial charge on any atom is -0.379 e. The van der Waals surface area contributed by atoms with Gasteiger partial charge in [0.2, 0.25) is 0 Å². The standard InChI is InChI=1S/C9H20FNO2/c1-3-4-12-5-6-13-8(2)9(10)7-11/h8-9H,3-7,11H2,1-2H3. The fourth-order valence-electron chi connectivity index (χ4n) is 0.835. The molecule has 2 unspecified atom stereocenters. The van der Waals surface area contributed by atoms with Crippen LogP contribution in [0.2, 0.25) is 0 Å². The van der Waals surface area contributed by atoms with Gasteiger partial charge < -0.3 is 15.2 Å². The zero-order chi connectivity index (χ0) is 10.1. The SMILES string of the molecule is CCCOCCOC(C)C(F)CN. The molecule has 0 aliphatic rings. The van der Waals surface area contributed by atoms with Gasteiger partial charge in [-0.1, -0.05) is 6.92 Å². The summed E-state index contributed by atoms with van der Waals surface area (Å²) < 4.78 is 23.1. The van der Waals surface area contributed by atoms with E-state index in [0.717, 1.165) is 13.0 Å². The van der Waals surface area contributed by atoms with Crippen molar-refractivity contribution in [1.29, 1.82) is 0 Å². The second kappa shape index (κ2) is 8.41. The molecule has 0 rings (SSSR count). The number of nitrogens with two attached hydrogens (primary N) is 1. The van der Waals surface area contributed by atoms with E-state index in [1.54, 1.807) is 6.92 Å². The monoisotopic (exact) mass is 193 g/mol. The normalized spacial score (nSPS) is 15.7. The molecule has 13 heavy (non-hydrogen) atoms. The second-order valence-corrected chi connectivity index (χ2v) is 2.94. The number of ether oxygens (including phenoxy) is 2. The van der Waals surface area contributed by atoms with Gasteiger partial charge in [-0.3, -0.25) is 0 Å². The smallest absolute Gasteiger partial charge is 0.138 e. The Labute approximate surface area is 79.4 Å². The third kappa shape index (κ3) is 6.93. The van der Waals surface area contributed by atoms with E-state index >= 15 is 0 Å². The van der Waals surface area contributed by atoms with Gasteiger partial charge in [-0.2, -0.15) is 0 Å². The first-order valence-corrected chi connectivity index (χ1v) is 4.75. The molecular weight excluding hydrogens is 173 g/mol. The van der Waals surface area contributed by atoms with Crippen LogP contribution in [-0.4, -0.2) is 38.6 Å². The fourth-order valence-corrected chi connectivity index (χ4v) is 0.835. The maximum Gasteiger partial charge on any atom is 0.138 e. The van der Waals surface area contributed by atoms with Crippen LogP contribution in [0, 0.1) is 0 Å². The third-order valence-corrected chi connectivity index (χ3v) is 1.69. The Morgan fingerprint density at radius 3 is 2.54 bits per heavy atom. The van der Waals surface area contributed by atoms with E-state index in [1.807, 2.05) is 6.92 Å². The zero-order valence-electron chi connectivity index (χ0n) is 8.46. The van der Waals surface area contributed by atoms with Crippen molar-refractivity contribution < 1.29 is 13.9 Å². The van der Waals surface area contributed by atoms with E-state index in [1.165, 1.54) is 0 Å². The third-order valence-electron chi connectivity index (χ3n) is 1.69. The molecule has 0 aromatic carbocycles. The molecule has 4 heteroatoms. The van der Waals surface area contributed by atoms with Crippen LogP contribution in [0.3, 0.4) is 0 Å². The van der Waals surface area contributed by atoms with Gasteiger partial charge in [-0.25, -0.2) is 4.39 Å². The molecule has 0 aromatic heterocycles. The highest BCUT2D eigenvalue weighted by atomic mass is 19.1. The number of hydrogen-bond donors (Lipinski definition) is 1. The van der Waals surface area contributed by atoms with E-state index in [0.29, 0.717) is 13.2 Å². The molecule has 0 saturated heterocycles. The molecule has 3 nitrogen and oxygen atoms in total. The maximum atomic E-state index is 12.8. The predicted molar refractivity (Wildman–Crippen MR) is 50.5 cm³/mol. The molecule has 0 spiro atoms. The summed E-state index contributed by atoms with van der Waals surface area (Å²) in [6.07, 6.45) is -0.522. The van der Waals surface area contributed by atoms with Crippen molar-refractivity contribution in [2.24, 2.45) is 5.73 Å². The van der Waals surface area contributed by atoms with Gasteiger partial charge in [0, 0.05) is 13.2 Å². The van der Waals surface area contributed by atoms with Crippen molar-refractivity contribution in [2.45, 2.75) is 32.5 Å². The quantitative estimate of drug-likeness (QED) is 0.587. The van der Waals surface area contributed by atoms with Crippen LogP contribution in [0.5, 0.6) is 0 Å². The Morgan fingerprint density at radius 1 is 1.31 bits per heavy atom. The molecule has 0 aliphatic heterocycles. The highest BCUT2D eigenvalue weighted by Gasteiger charge is 2.13. The Balaban J connectivity index is 3.21. The van der Waals surface area contributed by atoms with Gasteiger partial charge in [-0.05, 0) is 13.3 Å². The lowest BCUT2D eigenvalue weighted by Gasteiger charge is -2.15. The predicted octanol–water partition coefficient (Wildman–Crippen LogP) is 1.11. The van der Waals surface area contributed by atoms with E-state index in [-0.39, 0.29) is 6.54 Å². The van der Waals surface area contributed by atoms with Crippen LogP contribution < -0.4 is 5.73 Å². The molecule has 0 heterocycles. The van der Waals surface area contributed by atoms with Crippen molar-refractivity contribution in [3.8, 4) is 0 Å². The summed E-state index contributed by atoms with van der Waals surface area (Å²) in [7, 11) is 0. The molecule has 2 N–H and O–H groups in total. The highest BCUT2D eigenvalue weighted by Crippen LogP contribution is 2.01. The average molecular weight is 193 g/mol. The molecule has 0 aliphatic carbocycles. The molecule has 2 atom stereocenters. The van der Waals surface area contributed by atoms with Crippen molar-refractivity contribution >= 4 is 0 Å². The van der Waals surface area contributed by atoms with Crippen LogP contribution >= 0.6 is 0 Å². The number of rotatable bonds is 8. The lowest BCUT2D eigenvalue weighted by atomic mass is 10.2. The summed E-state index contributed by atoms with van der Waals surface area (Å²) in [4.78, 5) is 0. The summed E-state index contributed by atoms with van der Waals surface area (Å²) in [5, 5.41) is 0. The minimum atomic E-state index is -1.08. The highest BCUT2D eigenvalue weighted by molar-refractivity contribution is 4.64. The van der Waals surface area contributed by atoms with Gasteiger partial charge in [-0.15, -0.1) is 0 Å². The molecule has 80 valence electrons. The first-order chi connectivity index (χ1) is 6.22. The van der Waals surface area contributed by atoms with Crippen LogP contribution in [0.1, 0.15) is 20.3 Å². The Kier molecular flexibility index (Phi) is 8.29. The number of halogens is 1. The van der Waals surface area contributed by atoms with Crippen molar-refractivity contribution in [1.82, 2.24) is 0 Å². The number of hydrogen-bond acceptors (Lipinski definition) is 3. The Bertz CT molecular complexity index is 114.